The first-order valence-corrected chi connectivity index (χ1v) is 11.1. The van der Waals surface area contributed by atoms with Crippen molar-refractivity contribution in [3.8, 4) is 0 Å². The molecule has 29 heavy (non-hydrogen) atoms. The van der Waals surface area contributed by atoms with Crippen LogP contribution in [-0.2, 0) is 0 Å². The van der Waals surface area contributed by atoms with Gasteiger partial charge in [-0.1, -0.05) is 73.2 Å². The van der Waals surface area contributed by atoms with Gasteiger partial charge in [0.2, 0.25) is 0 Å². The zero-order valence-electron chi connectivity index (χ0n) is 18.4. The average Bonchev–Trinajstić information content (AvgIpc) is 3.01. The monoisotopic (exact) mass is 390 g/mol. The molecule has 2 heteroatoms. The lowest BCUT2D eigenvalue weighted by Gasteiger charge is -2.23. The van der Waals surface area contributed by atoms with Gasteiger partial charge in [-0.15, -0.1) is 0 Å². The molecule has 0 unspecified atom stereocenters. The van der Waals surface area contributed by atoms with Crippen LogP contribution in [0.3, 0.4) is 0 Å². The van der Waals surface area contributed by atoms with Crippen LogP contribution >= 0.6 is 0 Å². The molecule has 0 saturated carbocycles. The molecule has 1 aliphatic carbocycles. The summed E-state index contributed by atoms with van der Waals surface area (Å²) < 4.78 is 0. The molecule has 1 aromatic carbocycles. The van der Waals surface area contributed by atoms with E-state index in [1.807, 2.05) is 6.20 Å². The molecule has 0 aromatic heterocycles. The summed E-state index contributed by atoms with van der Waals surface area (Å²) in [7, 11) is 0. The first kappa shape index (κ1) is 22.8. The third kappa shape index (κ3) is 9.04. The second-order valence-electron chi connectivity index (χ2n) is 7.76. The number of nitrogens with zero attached hydrogens (tertiary/aromatic N) is 2. The van der Waals surface area contributed by atoms with Gasteiger partial charge in [-0.2, -0.15) is 0 Å². The van der Waals surface area contributed by atoms with Crippen molar-refractivity contribution in [2.75, 3.05) is 24.5 Å². The van der Waals surface area contributed by atoms with Crippen LogP contribution in [0.2, 0.25) is 0 Å². The highest BCUT2D eigenvalue weighted by Crippen LogP contribution is 2.16. The number of rotatable bonds is 12. The van der Waals surface area contributed by atoms with E-state index in [1.165, 1.54) is 42.5 Å². The first-order valence-electron chi connectivity index (χ1n) is 11.1. The van der Waals surface area contributed by atoms with Crippen molar-refractivity contribution in [3.63, 3.8) is 0 Å². The van der Waals surface area contributed by atoms with Gasteiger partial charge in [0.1, 0.15) is 0 Å². The third-order valence-corrected chi connectivity index (χ3v) is 5.13. The van der Waals surface area contributed by atoms with Crippen molar-refractivity contribution in [2.45, 2.75) is 52.4 Å². The number of hydrogen-bond donors (Lipinski definition) is 0. The lowest BCUT2D eigenvalue weighted by atomic mass is 10.1. The highest BCUT2D eigenvalue weighted by molar-refractivity contribution is 5.45. The van der Waals surface area contributed by atoms with E-state index in [9.17, 15) is 0 Å². The van der Waals surface area contributed by atoms with E-state index in [2.05, 4.69) is 97.1 Å². The molecule has 0 N–H and O–H groups in total. The number of allylic oxidation sites excluding steroid dienone is 5. The van der Waals surface area contributed by atoms with Gasteiger partial charge in [0.25, 0.3) is 0 Å². The molecule has 156 valence electrons. The van der Waals surface area contributed by atoms with Gasteiger partial charge in [0, 0.05) is 31.5 Å². The highest BCUT2D eigenvalue weighted by Gasteiger charge is 2.04. The quantitative estimate of drug-likeness (QED) is 0.347. The van der Waals surface area contributed by atoms with E-state index >= 15 is 0 Å². The topological polar surface area (TPSA) is 6.48 Å². The third-order valence-electron chi connectivity index (χ3n) is 5.13. The fraction of sp³-hybridized carbons (Fsp3) is 0.407. The smallest absolute Gasteiger partial charge is 0.0432 e. The standard InChI is InChI=1S/C27H38N2/c1-4-21-29(27-19-13-8-14-20-27)22-15-9-10-16-25(3)23-28(5-2)24-26-17-11-6-7-12-18-26/h5-6,8-11,13-14,17,19-20,23H,2,4,7,12,15-16,18,21-22,24H2,1,3H3. The summed E-state index contributed by atoms with van der Waals surface area (Å²) in [5.41, 5.74) is 4.16. The molecule has 0 spiro atoms. The molecule has 1 aliphatic rings. The summed E-state index contributed by atoms with van der Waals surface area (Å²) in [6.45, 7) is 11.6. The largest absolute Gasteiger partial charge is 0.371 e. The maximum Gasteiger partial charge on any atom is 0.0432 e. The van der Waals surface area contributed by atoms with Gasteiger partial charge < -0.3 is 9.80 Å². The zero-order chi connectivity index (χ0) is 20.7. The fourth-order valence-electron chi connectivity index (χ4n) is 3.59. The van der Waals surface area contributed by atoms with Crippen LogP contribution in [0.15, 0.2) is 90.8 Å². The fourth-order valence-corrected chi connectivity index (χ4v) is 3.59. The summed E-state index contributed by atoms with van der Waals surface area (Å²) in [6, 6.07) is 10.7. The van der Waals surface area contributed by atoms with Crippen molar-refractivity contribution in [3.05, 3.63) is 90.8 Å². The summed E-state index contributed by atoms with van der Waals surface area (Å²) in [4.78, 5) is 4.69. The van der Waals surface area contributed by atoms with Crippen LogP contribution < -0.4 is 4.90 Å². The van der Waals surface area contributed by atoms with Gasteiger partial charge in [0.05, 0.1) is 0 Å². The Morgan fingerprint density at radius 3 is 2.72 bits per heavy atom. The zero-order valence-corrected chi connectivity index (χ0v) is 18.4. The van der Waals surface area contributed by atoms with Crippen LogP contribution in [0.25, 0.3) is 0 Å². The Balaban J connectivity index is 1.79. The van der Waals surface area contributed by atoms with Crippen LogP contribution in [-0.4, -0.2) is 24.5 Å². The Labute approximate surface area is 178 Å². The predicted octanol–water partition coefficient (Wildman–Crippen LogP) is 7.26. The van der Waals surface area contributed by atoms with Crippen LogP contribution in [0.5, 0.6) is 0 Å². The van der Waals surface area contributed by atoms with Gasteiger partial charge in [-0.25, -0.2) is 0 Å². The second kappa shape index (κ2) is 13.7. The molecular formula is C27H38N2. The van der Waals surface area contributed by atoms with Crippen LogP contribution in [0.4, 0.5) is 5.69 Å². The SMILES string of the molecule is C=CN(C=C(C)CC=CCCN(CCC)c1ccccc1)CC1=CC=CCCC1. The Bertz CT molecular complexity index is 709. The van der Waals surface area contributed by atoms with Crippen LogP contribution in [0.1, 0.15) is 52.4 Å². The molecule has 2 rings (SSSR count). The Hall–Kier alpha value is -2.48. The van der Waals surface area contributed by atoms with Crippen LogP contribution in [0, 0.1) is 0 Å². The Morgan fingerprint density at radius 2 is 1.97 bits per heavy atom. The summed E-state index contributed by atoms with van der Waals surface area (Å²) in [6.07, 6.45) is 22.4. The molecule has 0 atom stereocenters. The van der Waals surface area contributed by atoms with Crippen molar-refractivity contribution in [1.82, 2.24) is 4.90 Å². The van der Waals surface area contributed by atoms with E-state index in [4.69, 9.17) is 0 Å². The number of benzene rings is 1. The molecule has 0 fully saturated rings. The summed E-state index contributed by atoms with van der Waals surface area (Å²) in [5.74, 6) is 0. The molecule has 0 aliphatic heterocycles. The summed E-state index contributed by atoms with van der Waals surface area (Å²) >= 11 is 0. The maximum absolute atomic E-state index is 3.99. The van der Waals surface area contributed by atoms with Crippen molar-refractivity contribution < 1.29 is 0 Å². The number of anilines is 1. The normalized spacial score (nSPS) is 14.6. The molecule has 1 aromatic rings. The first-order chi connectivity index (χ1) is 14.2. The summed E-state index contributed by atoms with van der Waals surface area (Å²) in [5, 5.41) is 0. The van der Waals surface area contributed by atoms with E-state index in [-0.39, 0.29) is 0 Å². The Kier molecular flexibility index (Phi) is 10.7. The molecule has 2 nitrogen and oxygen atoms in total. The molecule has 0 bridgehead atoms. The van der Waals surface area contributed by atoms with E-state index < -0.39 is 0 Å². The predicted molar refractivity (Wildman–Crippen MR) is 129 cm³/mol. The second-order valence-corrected chi connectivity index (χ2v) is 7.76. The lowest BCUT2D eigenvalue weighted by molar-refractivity contribution is 0.534. The van der Waals surface area contributed by atoms with Crippen molar-refractivity contribution in [2.24, 2.45) is 0 Å². The highest BCUT2D eigenvalue weighted by atomic mass is 15.1. The van der Waals surface area contributed by atoms with E-state index in [0.717, 1.165) is 32.5 Å². The molecule has 0 heterocycles. The van der Waals surface area contributed by atoms with Gasteiger partial charge >= 0.3 is 0 Å². The maximum atomic E-state index is 3.99. The minimum atomic E-state index is 0.942. The van der Waals surface area contributed by atoms with Gasteiger partial charge in [-0.05, 0) is 63.8 Å². The van der Waals surface area contributed by atoms with Gasteiger partial charge in [-0.3, -0.25) is 0 Å². The molecule has 0 amide bonds. The van der Waals surface area contributed by atoms with E-state index in [1.54, 1.807) is 0 Å². The number of hydrogen-bond acceptors (Lipinski definition) is 2. The van der Waals surface area contributed by atoms with Crippen molar-refractivity contribution in [1.29, 1.82) is 0 Å². The minimum Gasteiger partial charge on any atom is -0.371 e. The lowest BCUT2D eigenvalue weighted by Crippen LogP contribution is -2.24. The van der Waals surface area contributed by atoms with E-state index in [0.29, 0.717) is 0 Å². The minimum absolute atomic E-state index is 0.942. The average molecular weight is 391 g/mol. The molecular weight excluding hydrogens is 352 g/mol. The van der Waals surface area contributed by atoms with Crippen molar-refractivity contribution >= 4 is 5.69 Å². The van der Waals surface area contributed by atoms with Gasteiger partial charge in [0.15, 0.2) is 0 Å². The molecule has 0 saturated heterocycles. The molecule has 0 radical (unpaired) electrons. The Morgan fingerprint density at radius 1 is 1.14 bits per heavy atom. The number of para-hydroxylation sites is 1.